The van der Waals surface area contributed by atoms with Crippen LogP contribution in [0.5, 0.6) is 0 Å². The van der Waals surface area contributed by atoms with E-state index in [4.69, 9.17) is 4.74 Å². The van der Waals surface area contributed by atoms with Crippen LogP contribution in [0.2, 0.25) is 0 Å². The molecule has 6 nitrogen and oxygen atoms in total. The van der Waals surface area contributed by atoms with Gasteiger partial charge in [0, 0.05) is 18.0 Å². The average Bonchev–Trinajstić information content (AvgIpc) is 2.52. The van der Waals surface area contributed by atoms with Crippen LogP contribution in [0.25, 0.3) is 0 Å². The van der Waals surface area contributed by atoms with Gasteiger partial charge in [-0.25, -0.2) is 13.2 Å². The number of sulfone groups is 1. The lowest BCUT2D eigenvalue weighted by Gasteiger charge is -2.27. The number of carbonyl (C=O) groups excluding carboxylic acids is 1. The fraction of sp³-hybridized carbons (Fsp3) is 0.647. The Morgan fingerprint density at radius 2 is 1.92 bits per heavy atom. The van der Waals surface area contributed by atoms with Gasteiger partial charge in [0.1, 0.15) is 6.04 Å². The van der Waals surface area contributed by atoms with E-state index in [0.29, 0.717) is 18.0 Å². The molecule has 1 aliphatic rings. The van der Waals surface area contributed by atoms with Crippen molar-refractivity contribution in [1.82, 2.24) is 4.57 Å². The second-order valence-corrected chi connectivity index (χ2v) is 8.61. The Bertz CT molecular complexity index is 760. The molecular formula is C17H25NO5S. The summed E-state index contributed by atoms with van der Waals surface area (Å²) in [6, 6.07) is 1.81. The fourth-order valence-electron chi connectivity index (χ4n) is 3.48. The van der Waals surface area contributed by atoms with Crippen LogP contribution in [0.3, 0.4) is 0 Å². The Morgan fingerprint density at radius 3 is 2.42 bits per heavy atom. The van der Waals surface area contributed by atoms with Crippen molar-refractivity contribution in [2.75, 3.05) is 13.4 Å². The van der Waals surface area contributed by atoms with Crippen molar-refractivity contribution >= 4 is 15.8 Å². The highest BCUT2D eigenvalue weighted by molar-refractivity contribution is 7.90. The third kappa shape index (κ3) is 4.26. The molecule has 0 aliphatic heterocycles. The quantitative estimate of drug-likeness (QED) is 0.757. The first-order valence-electron chi connectivity index (χ1n) is 8.25. The van der Waals surface area contributed by atoms with Gasteiger partial charge in [-0.05, 0) is 25.3 Å². The van der Waals surface area contributed by atoms with E-state index in [1.807, 2.05) is 0 Å². The van der Waals surface area contributed by atoms with Crippen LogP contribution >= 0.6 is 0 Å². The summed E-state index contributed by atoms with van der Waals surface area (Å²) in [5.74, 6) is -0.0818. The van der Waals surface area contributed by atoms with Crippen molar-refractivity contribution < 1.29 is 17.9 Å². The molecule has 0 aromatic carbocycles. The number of ether oxygens (including phenoxy) is 1. The predicted octanol–water partition coefficient (Wildman–Crippen LogP) is 2.24. The minimum absolute atomic E-state index is 0.0254. The van der Waals surface area contributed by atoms with Crippen LogP contribution in [-0.4, -0.2) is 32.3 Å². The van der Waals surface area contributed by atoms with Gasteiger partial charge in [-0.1, -0.05) is 32.1 Å². The molecule has 24 heavy (non-hydrogen) atoms. The third-order valence-electron chi connectivity index (χ3n) is 4.73. The summed E-state index contributed by atoms with van der Waals surface area (Å²) in [5, 5.41) is 0. The standard InChI is InChI=1S/C17H25NO5S/c1-12-9-14(24(3,21)22)11-16(19)18(12)15(17(20)23-2)10-13-7-5-4-6-8-13/h9,11,13,15H,4-8,10H2,1-3H3. The number of nitrogens with zero attached hydrogens (tertiary/aromatic N) is 1. The van der Waals surface area contributed by atoms with E-state index in [1.54, 1.807) is 6.92 Å². The maximum atomic E-state index is 12.5. The average molecular weight is 355 g/mol. The number of hydrogen-bond donors (Lipinski definition) is 0. The van der Waals surface area contributed by atoms with Gasteiger partial charge in [0.2, 0.25) is 0 Å². The van der Waals surface area contributed by atoms with Crippen molar-refractivity contribution in [1.29, 1.82) is 0 Å². The summed E-state index contributed by atoms with van der Waals surface area (Å²) >= 11 is 0. The van der Waals surface area contributed by atoms with E-state index >= 15 is 0 Å². The van der Waals surface area contributed by atoms with Crippen LogP contribution in [0.15, 0.2) is 21.8 Å². The highest BCUT2D eigenvalue weighted by Gasteiger charge is 2.28. The molecule has 0 amide bonds. The zero-order valence-corrected chi connectivity index (χ0v) is 15.3. The molecule has 1 aromatic heterocycles. The highest BCUT2D eigenvalue weighted by Crippen LogP contribution is 2.31. The first-order valence-corrected chi connectivity index (χ1v) is 10.1. The summed E-state index contributed by atoms with van der Waals surface area (Å²) in [7, 11) is -2.17. The largest absolute Gasteiger partial charge is 0.467 e. The smallest absolute Gasteiger partial charge is 0.328 e. The van der Waals surface area contributed by atoms with Gasteiger partial charge in [-0.15, -0.1) is 0 Å². The van der Waals surface area contributed by atoms with Crippen LogP contribution in [0.1, 0.15) is 50.3 Å². The van der Waals surface area contributed by atoms with Crippen molar-refractivity contribution in [3.05, 3.63) is 28.2 Å². The summed E-state index contributed by atoms with van der Waals surface area (Å²) in [4.78, 5) is 24.7. The van der Waals surface area contributed by atoms with Gasteiger partial charge in [-0.3, -0.25) is 9.36 Å². The van der Waals surface area contributed by atoms with Crippen LogP contribution in [-0.2, 0) is 19.4 Å². The Morgan fingerprint density at radius 1 is 1.29 bits per heavy atom. The van der Waals surface area contributed by atoms with E-state index in [-0.39, 0.29) is 4.90 Å². The zero-order chi connectivity index (χ0) is 17.9. The lowest BCUT2D eigenvalue weighted by atomic mass is 9.84. The minimum atomic E-state index is -3.47. The first kappa shape index (κ1) is 18.7. The van der Waals surface area contributed by atoms with E-state index in [1.165, 1.54) is 24.2 Å². The molecule has 134 valence electrons. The molecular weight excluding hydrogens is 330 g/mol. The van der Waals surface area contributed by atoms with Gasteiger partial charge in [-0.2, -0.15) is 0 Å². The molecule has 1 aromatic rings. The van der Waals surface area contributed by atoms with Crippen molar-refractivity contribution in [3.63, 3.8) is 0 Å². The number of methoxy groups -OCH3 is 1. The number of pyridine rings is 1. The molecule has 0 spiro atoms. The Hall–Kier alpha value is -1.63. The molecule has 2 rings (SSSR count). The first-order chi connectivity index (χ1) is 11.2. The topological polar surface area (TPSA) is 82.4 Å². The zero-order valence-electron chi connectivity index (χ0n) is 14.4. The van der Waals surface area contributed by atoms with Crippen molar-refractivity contribution in [2.45, 2.75) is 56.4 Å². The van der Waals surface area contributed by atoms with Gasteiger partial charge in [0.15, 0.2) is 9.84 Å². The van der Waals surface area contributed by atoms with Crippen LogP contribution in [0.4, 0.5) is 0 Å². The lowest BCUT2D eigenvalue weighted by Crippen LogP contribution is -2.34. The molecule has 1 atom stereocenters. The lowest BCUT2D eigenvalue weighted by molar-refractivity contribution is -0.145. The van der Waals surface area contributed by atoms with E-state index in [9.17, 15) is 18.0 Å². The summed E-state index contributed by atoms with van der Waals surface area (Å²) in [6.07, 6.45) is 7.18. The van der Waals surface area contributed by atoms with Gasteiger partial charge in [0.05, 0.1) is 12.0 Å². The number of esters is 1. The molecule has 0 bridgehead atoms. The SMILES string of the molecule is COC(=O)C(CC1CCCCC1)n1c(C)cc(S(C)(=O)=O)cc1=O. The number of rotatable bonds is 5. The second kappa shape index (κ2) is 7.51. The van der Waals surface area contributed by atoms with Crippen LogP contribution < -0.4 is 5.56 Å². The normalized spacial score (nSPS) is 17.5. The van der Waals surface area contributed by atoms with E-state index in [0.717, 1.165) is 38.0 Å². The third-order valence-corrected chi connectivity index (χ3v) is 5.82. The van der Waals surface area contributed by atoms with Crippen LogP contribution in [0, 0.1) is 12.8 Å². The summed E-state index contributed by atoms with van der Waals surface area (Å²) in [5.41, 5.74) is -0.0317. The maximum absolute atomic E-state index is 12.5. The number of carbonyl (C=O) groups is 1. The molecule has 0 saturated heterocycles. The summed E-state index contributed by atoms with van der Waals surface area (Å²) < 4.78 is 29.6. The van der Waals surface area contributed by atoms with E-state index in [2.05, 4.69) is 0 Å². The molecule has 1 unspecified atom stereocenters. The molecule has 7 heteroatoms. The molecule has 0 N–H and O–H groups in total. The van der Waals surface area contributed by atoms with Crippen molar-refractivity contribution in [2.24, 2.45) is 5.92 Å². The number of hydrogen-bond acceptors (Lipinski definition) is 5. The molecule has 1 saturated carbocycles. The van der Waals surface area contributed by atoms with Crippen molar-refractivity contribution in [3.8, 4) is 0 Å². The molecule has 1 heterocycles. The monoisotopic (exact) mass is 355 g/mol. The number of aromatic nitrogens is 1. The van der Waals surface area contributed by atoms with Gasteiger partial charge < -0.3 is 4.74 Å². The Labute approximate surface area is 142 Å². The molecule has 0 radical (unpaired) electrons. The second-order valence-electron chi connectivity index (χ2n) is 6.59. The van der Waals surface area contributed by atoms with Gasteiger partial charge in [0.25, 0.3) is 5.56 Å². The molecule has 1 fully saturated rings. The Balaban J connectivity index is 2.42. The van der Waals surface area contributed by atoms with Gasteiger partial charge >= 0.3 is 5.97 Å². The van der Waals surface area contributed by atoms with E-state index < -0.39 is 27.4 Å². The number of aryl methyl sites for hydroxylation is 1. The molecule has 1 aliphatic carbocycles. The maximum Gasteiger partial charge on any atom is 0.328 e. The minimum Gasteiger partial charge on any atom is -0.467 e. The highest BCUT2D eigenvalue weighted by atomic mass is 32.2. The Kier molecular flexibility index (Phi) is 5.85. The predicted molar refractivity (Wildman–Crippen MR) is 90.8 cm³/mol. The fourth-order valence-corrected chi connectivity index (χ4v) is 4.18. The summed E-state index contributed by atoms with van der Waals surface area (Å²) in [6.45, 7) is 1.65.